The van der Waals surface area contributed by atoms with Gasteiger partial charge in [-0.25, -0.2) is 0 Å². The van der Waals surface area contributed by atoms with Crippen molar-refractivity contribution in [1.82, 2.24) is 4.98 Å². The Morgan fingerprint density at radius 1 is 0.840 bits per heavy atom. The highest BCUT2D eigenvalue weighted by Gasteiger charge is 2.14. The Bertz CT molecular complexity index is 879. The van der Waals surface area contributed by atoms with Crippen LogP contribution in [0.4, 0.5) is 0 Å². The van der Waals surface area contributed by atoms with Crippen LogP contribution in [0, 0.1) is 20.8 Å². The Kier molecular flexibility index (Phi) is 5.19. The Morgan fingerprint density at radius 3 is 2.32 bits per heavy atom. The number of rotatable bonds is 5. The zero-order valence-corrected chi connectivity index (χ0v) is 16.6. The number of methoxy groups -OCH3 is 1. The average molecular weight is 350 g/mol. The van der Waals surface area contributed by atoms with Crippen LogP contribution in [-0.2, 0) is 0 Å². The Labute approximate surface area is 151 Å². The van der Waals surface area contributed by atoms with Crippen molar-refractivity contribution < 1.29 is 9.47 Å². The summed E-state index contributed by atoms with van der Waals surface area (Å²) in [4.78, 5) is 4.51. The highest BCUT2D eigenvalue weighted by molar-refractivity contribution is 6.68. The molecule has 2 aromatic carbocycles. The summed E-state index contributed by atoms with van der Waals surface area (Å²) in [6, 6.07) is 18.3. The van der Waals surface area contributed by atoms with E-state index in [0.29, 0.717) is 11.8 Å². The number of benzene rings is 2. The van der Waals surface area contributed by atoms with Crippen LogP contribution in [-0.4, -0.2) is 21.6 Å². The lowest BCUT2D eigenvalue weighted by atomic mass is 10.1. The minimum absolute atomic E-state index is 0.601. The first-order chi connectivity index (χ1) is 12.1. The summed E-state index contributed by atoms with van der Waals surface area (Å²) in [5, 5.41) is 2.74. The standard InChI is InChI=1S/C21H23NO2Si/c1-14-9-8-12-18(15(14)2)25-19-13-20(23-4)22-21(16(19)3)24-17-10-6-5-7-11-17/h5-13H,25H2,1-4H3. The number of ether oxygens (including phenoxy) is 2. The molecule has 0 spiro atoms. The monoisotopic (exact) mass is 349 g/mol. The van der Waals surface area contributed by atoms with Crippen LogP contribution in [0.3, 0.4) is 0 Å². The van der Waals surface area contributed by atoms with Gasteiger partial charge >= 0.3 is 0 Å². The normalized spacial score (nSPS) is 11.0. The number of aryl methyl sites for hydroxylation is 1. The molecule has 0 saturated carbocycles. The van der Waals surface area contributed by atoms with Crippen molar-refractivity contribution >= 4 is 19.9 Å². The largest absolute Gasteiger partial charge is 0.481 e. The van der Waals surface area contributed by atoms with E-state index in [4.69, 9.17) is 9.47 Å². The van der Waals surface area contributed by atoms with E-state index in [1.54, 1.807) is 7.11 Å². The van der Waals surface area contributed by atoms with Gasteiger partial charge in [0.05, 0.1) is 16.6 Å². The molecule has 0 saturated heterocycles. The number of hydrogen-bond acceptors (Lipinski definition) is 3. The molecule has 3 rings (SSSR count). The van der Waals surface area contributed by atoms with Crippen LogP contribution in [0.5, 0.6) is 17.5 Å². The molecule has 1 heterocycles. The van der Waals surface area contributed by atoms with E-state index in [2.05, 4.69) is 50.0 Å². The lowest BCUT2D eigenvalue weighted by Crippen LogP contribution is -2.31. The molecule has 0 N–H and O–H groups in total. The van der Waals surface area contributed by atoms with Gasteiger partial charge in [-0.1, -0.05) is 41.6 Å². The van der Waals surface area contributed by atoms with E-state index < -0.39 is 9.52 Å². The number of para-hydroxylation sites is 1. The minimum Gasteiger partial charge on any atom is -0.481 e. The first-order valence-electron chi connectivity index (χ1n) is 8.41. The second-order valence-corrected chi connectivity index (χ2v) is 8.08. The molecule has 0 aliphatic heterocycles. The molecule has 0 aliphatic carbocycles. The first kappa shape index (κ1) is 17.2. The SMILES string of the molecule is COc1cc([SiH2]c2cccc(C)c2C)c(C)c(Oc2ccccc2)n1. The van der Waals surface area contributed by atoms with Crippen molar-refractivity contribution in [3.05, 3.63) is 71.3 Å². The molecular weight excluding hydrogens is 326 g/mol. The number of pyridine rings is 1. The first-order valence-corrected chi connectivity index (χ1v) is 9.82. The zero-order chi connectivity index (χ0) is 17.8. The summed E-state index contributed by atoms with van der Waals surface area (Å²) < 4.78 is 11.4. The lowest BCUT2D eigenvalue weighted by Gasteiger charge is -2.15. The van der Waals surface area contributed by atoms with Crippen molar-refractivity contribution in [2.45, 2.75) is 20.8 Å². The molecule has 0 bridgehead atoms. The van der Waals surface area contributed by atoms with E-state index in [-0.39, 0.29) is 0 Å². The van der Waals surface area contributed by atoms with E-state index >= 15 is 0 Å². The van der Waals surface area contributed by atoms with Crippen LogP contribution in [0.15, 0.2) is 54.6 Å². The Morgan fingerprint density at radius 2 is 1.60 bits per heavy atom. The summed E-state index contributed by atoms with van der Waals surface area (Å²) in [6.07, 6.45) is 0. The van der Waals surface area contributed by atoms with Gasteiger partial charge in [0.1, 0.15) is 5.75 Å². The maximum Gasteiger partial charge on any atom is 0.225 e. The molecule has 0 atom stereocenters. The van der Waals surface area contributed by atoms with E-state index in [0.717, 1.165) is 11.3 Å². The molecular formula is C21H23NO2Si. The predicted molar refractivity (Wildman–Crippen MR) is 106 cm³/mol. The average Bonchev–Trinajstić information content (AvgIpc) is 2.63. The van der Waals surface area contributed by atoms with Gasteiger partial charge in [-0.05, 0) is 55.3 Å². The number of hydrogen-bond donors (Lipinski definition) is 0. The summed E-state index contributed by atoms with van der Waals surface area (Å²) in [5.74, 6) is 2.01. The van der Waals surface area contributed by atoms with Gasteiger partial charge in [0.15, 0.2) is 0 Å². The van der Waals surface area contributed by atoms with E-state index in [9.17, 15) is 0 Å². The predicted octanol–water partition coefficient (Wildman–Crippen LogP) is 2.93. The molecule has 4 heteroatoms. The third-order valence-corrected chi connectivity index (χ3v) is 6.84. The van der Waals surface area contributed by atoms with Gasteiger partial charge in [-0.15, -0.1) is 0 Å². The minimum atomic E-state index is -0.655. The summed E-state index contributed by atoms with van der Waals surface area (Å²) >= 11 is 0. The second-order valence-electron chi connectivity index (χ2n) is 6.20. The maximum absolute atomic E-state index is 6.02. The zero-order valence-electron chi connectivity index (χ0n) is 15.2. The maximum atomic E-state index is 6.02. The fraction of sp³-hybridized carbons (Fsp3) is 0.190. The Hall–Kier alpha value is -2.59. The van der Waals surface area contributed by atoms with Gasteiger partial charge in [0.25, 0.3) is 0 Å². The highest BCUT2D eigenvalue weighted by Crippen LogP contribution is 2.24. The van der Waals surface area contributed by atoms with Crippen molar-refractivity contribution in [2.24, 2.45) is 0 Å². The highest BCUT2D eigenvalue weighted by atomic mass is 28.2. The summed E-state index contributed by atoms with van der Waals surface area (Å²) in [6.45, 7) is 6.45. The molecule has 25 heavy (non-hydrogen) atoms. The fourth-order valence-corrected chi connectivity index (χ4v) is 4.71. The topological polar surface area (TPSA) is 31.4 Å². The fourth-order valence-electron chi connectivity index (χ4n) is 2.81. The van der Waals surface area contributed by atoms with E-state index in [1.807, 2.05) is 30.3 Å². The third-order valence-electron chi connectivity index (χ3n) is 4.58. The van der Waals surface area contributed by atoms with Crippen molar-refractivity contribution in [1.29, 1.82) is 0 Å². The molecule has 0 radical (unpaired) electrons. The number of aromatic nitrogens is 1. The van der Waals surface area contributed by atoms with Crippen LogP contribution in [0.1, 0.15) is 16.7 Å². The molecule has 0 fully saturated rings. The van der Waals surface area contributed by atoms with Gasteiger partial charge in [-0.2, -0.15) is 4.98 Å². The second kappa shape index (κ2) is 7.53. The molecule has 3 nitrogen and oxygen atoms in total. The molecule has 1 aromatic heterocycles. The van der Waals surface area contributed by atoms with Crippen LogP contribution >= 0.6 is 0 Å². The van der Waals surface area contributed by atoms with Crippen LogP contribution in [0.25, 0.3) is 0 Å². The Balaban J connectivity index is 1.99. The van der Waals surface area contributed by atoms with Gasteiger partial charge in [-0.3, -0.25) is 0 Å². The smallest absolute Gasteiger partial charge is 0.225 e. The van der Waals surface area contributed by atoms with Crippen molar-refractivity contribution in [3.63, 3.8) is 0 Å². The van der Waals surface area contributed by atoms with E-state index in [1.165, 1.54) is 21.5 Å². The lowest BCUT2D eigenvalue weighted by molar-refractivity contribution is 0.383. The summed E-state index contributed by atoms with van der Waals surface area (Å²) in [5.41, 5.74) is 3.82. The van der Waals surface area contributed by atoms with Crippen LogP contribution in [0.2, 0.25) is 0 Å². The molecule has 128 valence electrons. The van der Waals surface area contributed by atoms with Gasteiger partial charge in [0.2, 0.25) is 11.8 Å². The third kappa shape index (κ3) is 3.91. The summed E-state index contributed by atoms with van der Waals surface area (Å²) in [7, 11) is 0.991. The quantitative estimate of drug-likeness (QED) is 0.664. The molecule has 3 aromatic rings. The van der Waals surface area contributed by atoms with Crippen molar-refractivity contribution in [3.8, 4) is 17.5 Å². The van der Waals surface area contributed by atoms with Crippen LogP contribution < -0.4 is 19.8 Å². The van der Waals surface area contributed by atoms with Gasteiger partial charge in [0, 0.05) is 5.56 Å². The van der Waals surface area contributed by atoms with Crippen molar-refractivity contribution in [2.75, 3.05) is 7.11 Å². The molecule has 0 amide bonds. The molecule has 0 unspecified atom stereocenters. The van der Waals surface area contributed by atoms with Gasteiger partial charge < -0.3 is 9.47 Å². The molecule has 0 aliphatic rings. The number of nitrogens with zero attached hydrogens (tertiary/aromatic N) is 1.